The third-order valence-corrected chi connectivity index (χ3v) is 4.27. The van der Waals surface area contributed by atoms with Crippen LogP contribution in [-0.2, 0) is 16.1 Å². The molecule has 4 nitrogen and oxygen atoms in total. The largest absolute Gasteiger partial charge is 0.326 e. The van der Waals surface area contributed by atoms with Crippen LogP contribution in [0.3, 0.4) is 0 Å². The average molecular weight is 278 g/mol. The molecule has 1 unspecified atom stereocenters. The van der Waals surface area contributed by atoms with Gasteiger partial charge in [-0.05, 0) is 17.5 Å². The van der Waals surface area contributed by atoms with Crippen molar-refractivity contribution in [2.75, 3.05) is 17.2 Å². The zero-order chi connectivity index (χ0) is 13.8. The normalized spacial score (nSPS) is 18.9. The predicted octanol–water partition coefficient (Wildman–Crippen LogP) is 1.78. The first kappa shape index (κ1) is 14.1. The lowest BCUT2D eigenvalue weighted by atomic mass is 10.1. The minimum absolute atomic E-state index is 0.105. The Bertz CT molecular complexity index is 490. The van der Waals surface area contributed by atoms with Gasteiger partial charge in [-0.3, -0.25) is 9.59 Å². The smallest absolute Gasteiger partial charge is 0.227 e. The summed E-state index contributed by atoms with van der Waals surface area (Å²) in [6.45, 7) is 2.66. The van der Waals surface area contributed by atoms with Crippen molar-refractivity contribution in [1.82, 2.24) is 0 Å². The number of anilines is 1. The van der Waals surface area contributed by atoms with Gasteiger partial charge in [0.25, 0.3) is 0 Å². The molecule has 0 bridgehead atoms. The van der Waals surface area contributed by atoms with Crippen LogP contribution in [-0.4, -0.2) is 23.3 Å². The molecular formula is C14H18N2O2S. The molecule has 1 heterocycles. The molecule has 1 aromatic carbocycles. The van der Waals surface area contributed by atoms with Gasteiger partial charge in [-0.25, -0.2) is 0 Å². The number of rotatable bonds is 4. The van der Waals surface area contributed by atoms with E-state index in [1.54, 1.807) is 11.8 Å². The molecule has 1 atom stereocenters. The Kier molecular flexibility index (Phi) is 4.61. The number of nitrogens with zero attached hydrogens (tertiary/aromatic N) is 1. The number of amides is 1. The van der Waals surface area contributed by atoms with Gasteiger partial charge in [-0.15, -0.1) is 0 Å². The van der Waals surface area contributed by atoms with Crippen molar-refractivity contribution in [2.24, 2.45) is 11.7 Å². The van der Waals surface area contributed by atoms with E-state index in [1.165, 1.54) is 11.8 Å². The first-order valence-electron chi connectivity index (χ1n) is 6.33. The second kappa shape index (κ2) is 6.21. The van der Waals surface area contributed by atoms with Gasteiger partial charge in [0.05, 0.1) is 0 Å². The summed E-state index contributed by atoms with van der Waals surface area (Å²) in [5.41, 5.74) is 7.60. The predicted molar refractivity (Wildman–Crippen MR) is 77.9 cm³/mol. The van der Waals surface area contributed by atoms with Gasteiger partial charge in [-0.1, -0.05) is 30.0 Å². The third-order valence-electron chi connectivity index (χ3n) is 3.23. The van der Waals surface area contributed by atoms with Crippen molar-refractivity contribution in [2.45, 2.75) is 19.9 Å². The topological polar surface area (TPSA) is 63.4 Å². The van der Waals surface area contributed by atoms with Gasteiger partial charge in [0.1, 0.15) is 0 Å². The Morgan fingerprint density at radius 1 is 1.47 bits per heavy atom. The van der Waals surface area contributed by atoms with Crippen LogP contribution in [0.15, 0.2) is 24.3 Å². The summed E-state index contributed by atoms with van der Waals surface area (Å²) >= 11 is 1.30. The van der Waals surface area contributed by atoms with Crippen LogP contribution >= 0.6 is 11.8 Å². The molecule has 1 saturated heterocycles. The summed E-state index contributed by atoms with van der Waals surface area (Å²) < 4.78 is 0. The summed E-state index contributed by atoms with van der Waals surface area (Å²) in [5.74, 6) is 1.07. The van der Waals surface area contributed by atoms with E-state index in [0.717, 1.165) is 11.3 Å². The Balaban J connectivity index is 2.09. The van der Waals surface area contributed by atoms with Gasteiger partial charge in [0, 0.05) is 37.9 Å². The summed E-state index contributed by atoms with van der Waals surface area (Å²) in [6.07, 6.45) is 0.513. The highest BCUT2D eigenvalue weighted by atomic mass is 32.2. The summed E-state index contributed by atoms with van der Waals surface area (Å²) in [6, 6.07) is 7.72. The molecular weight excluding hydrogens is 260 g/mol. The van der Waals surface area contributed by atoms with Crippen molar-refractivity contribution in [3.8, 4) is 0 Å². The average Bonchev–Trinajstić information content (AvgIpc) is 2.77. The standard InChI is InChI=1S/C14H18N2O2S/c1-10(17)19-9-11-6-14(18)16(8-11)13-5-3-2-4-12(13)7-15/h2-5,11H,6-9,15H2,1H3. The number of para-hydroxylation sites is 1. The zero-order valence-corrected chi connectivity index (χ0v) is 11.8. The van der Waals surface area contributed by atoms with Crippen molar-refractivity contribution in [3.05, 3.63) is 29.8 Å². The highest BCUT2D eigenvalue weighted by Crippen LogP contribution is 2.29. The summed E-state index contributed by atoms with van der Waals surface area (Å²) in [4.78, 5) is 24.9. The third kappa shape index (κ3) is 3.36. The van der Waals surface area contributed by atoms with Crippen LogP contribution in [0.25, 0.3) is 0 Å². The minimum atomic E-state index is 0.105. The number of thioether (sulfide) groups is 1. The number of hydrogen-bond acceptors (Lipinski definition) is 4. The zero-order valence-electron chi connectivity index (χ0n) is 11.0. The second-order valence-electron chi connectivity index (χ2n) is 4.71. The number of carbonyl (C=O) groups is 2. The van der Waals surface area contributed by atoms with E-state index in [9.17, 15) is 9.59 Å². The lowest BCUT2D eigenvalue weighted by Crippen LogP contribution is -2.26. The molecule has 1 aromatic rings. The van der Waals surface area contributed by atoms with Gasteiger partial charge >= 0.3 is 0 Å². The fourth-order valence-electron chi connectivity index (χ4n) is 2.31. The molecule has 0 saturated carbocycles. The van der Waals surface area contributed by atoms with E-state index in [-0.39, 0.29) is 16.9 Å². The highest BCUT2D eigenvalue weighted by Gasteiger charge is 2.31. The lowest BCUT2D eigenvalue weighted by molar-refractivity contribution is -0.117. The van der Waals surface area contributed by atoms with Crippen molar-refractivity contribution >= 4 is 28.5 Å². The van der Waals surface area contributed by atoms with E-state index < -0.39 is 0 Å². The molecule has 2 rings (SSSR count). The molecule has 0 spiro atoms. The van der Waals surface area contributed by atoms with E-state index in [4.69, 9.17) is 5.73 Å². The highest BCUT2D eigenvalue weighted by molar-refractivity contribution is 8.13. The number of hydrogen-bond donors (Lipinski definition) is 1. The van der Waals surface area contributed by atoms with Crippen molar-refractivity contribution < 1.29 is 9.59 Å². The maximum atomic E-state index is 12.1. The molecule has 0 aromatic heterocycles. The Labute approximate surface area is 117 Å². The van der Waals surface area contributed by atoms with Gasteiger partial charge in [-0.2, -0.15) is 0 Å². The summed E-state index contributed by atoms with van der Waals surface area (Å²) in [7, 11) is 0. The minimum Gasteiger partial charge on any atom is -0.326 e. The first-order chi connectivity index (χ1) is 9.11. The van der Waals surface area contributed by atoms with Crippen LogP contribution < -0.4 is 10.6 Å². The monoisotopic (exact) mass is 278 g/mol. The van der Waals surface area contributed by atoms with Crippen molar-refractivity contribution in [1.29, 1.82) is 0 Å². The van der Waals surface area contributed by atoms with E-state index in [1.807, 2.05) is 24.3 Å². The molecule has 1 aliphatic rings. The van der Waals surface area contributed by atoms with Gasteiger partial charge in [0.2, 0.25) is 5.91 Å². The van der Waals surface area contributed by atoms with Gasteiger partial charge in [0.15, 0.2) is 5.12 Å². The molecule has 1 fully saturated rings. The van der Waals surface area contributed by atoms with Crippen LogP contribution in [0.4, 0.5) is 5.69 Å². The molecule has 0 aliphatic carbocycles. The number of benzene rings is 1. The second-order valence-corrected chi connectivity index (χ2v) is 5.91. The fraction of sp³-hybridized carbons (Fsp3) is 0.429. The molecule has 19 heavy (non-hydrogen) atoms. The van der Waals surface area contributed by atoms with E-state index in [0.29, 0.717) is 25.3 Å². The first-order valence-corrected chi connectivity index (χ1v) is 7.32. The lowest BCUT2D eigenvalue weighted by Gasteiger charge is -2.19. The van der Waals surface area contributed by atoms with E-state index >= 15 is 0 Å². The summed E-state index contributed by atoms with van der Waals surface area (Å²) in [5, 5.41) is 0.105. The number of carbonyl (C=O) groups excluding carboxylic acids is 2. The maximum absolute atomic E-state index is 12.1. The van der Waals surface area contributed by atoms with Crippen LogP contribution in [0, 0.1) is 5.92 Å². The molecule has 102 valence electrons. The molecule has 2 N–H and O–H groups in total. The Morgan fingerprint density at radius 3 is 2.89 bits per heavy atom. The Morgan fingerprint density at radius 2 is 2.21 bits per heavy atom. The van der Waals surface area contributed by atoms with E-state index in [2.05, 4.69) is 0 Å². The number of nitrogens with two attached hydrogens (primary N) is 1. The van der Waals surface area contributed by atoms with Crippen molar-refractivity contribution in [3.63, 3.8) is 0 Å². The fourth-order valence-corrected chi connectivity index (χ4v) is 3.00. The Hall–Kier alpha value is -1.33. The van der Waals surface area contributed by atoms with Crippen LogP contribution in [0.2, 0.25) is 0 Å². The van der Waals surface area contributed by atoms with Gasteiger partial charge < -0.3 is 10.6 Å². The molecule has 1 amide bonds. The quantitative estimate of drug-likeness (QED) is 0.912. The maximum Gasteiger partial charge on any atom is 0.227 e. The SMILES string of the molecule is CC(=O)SCC1CC(=O)N(c2ccccc2CN)C1. The molecule has 1 aliphatic heterocycles. The van der Waals surface area contributed by atoms with Crippen LogP contribution in [0.1, 0.15) is 18.9 Å². The molecule has 0 radical (unpaired) electrons. The molecule has 5 heteroatoms. The van der Waals surface area contributed by atoms with Crippen LogP contribution in [0.5, 0.6) is 0 Å².